The van der Waals surface area contributed by atoms with Crippen LogP contribution in [0.3, 0.4) is 0 Å². The van der Waals surface area contributed by atoms with Gasteiger partial charge in [0.05, 0.1) is 7.11 Å². The summed E-state index contributed by atoms with van der Waals surface area (Å²) in [4.78, 5) is 55.3. The van der Waals surface area contributed by atoms with Crippen molar-refractivity contribution < 1.29 is 38.1 Å². The molecular formula is C28H35N3O8. The number of carbonyl (C=O) groups is 4. The molecule has 11 heteroatoms. The van der Waals surface area contributed by atoms with E-state index >= 15 is 0 Å². The van der Waals surface area contributed by atoms with Crippen molar-refractivity contribution in [3.05, 3.63) is 47.3 Å². The van der Waals surface area contributed by atoms with Crippen molar-refractivity contribution in [3.8, 4) is 16.9 Å². The van der Waals surface area contributed by atoms with E-state index in [2.05, 4.69) is 15.6 Å². The van der Waals surface area contributed by atoms with Gasteiger partial charge in [-0.15, -0.1) is 0 Å². The van der Waals surface area contributed by atoms with Gasteiger partial charge in [0.2, 0.25) is 6.29 Å². The zero-order valence-corrected chi connectivity index (χ0v) is 23.1. The van der Waals surface area contributed by atoms with Gasteiger partial charge in [0.1, 0.15) is 17.0 Å². The van der Waals surface area contributed by atoms with Crippen LogP contribution in [0.5, 0.6) is 5.75 Å². The lowest BCUT2D eigenvalue weighted by Crippen LogP contribution is -2.30. The van der Waals surface area contributed by atoms with Crippen LogP contribution >= 0.6 is 0 Å². The van der Waals surface area contributed by atoms with Gasteiger partial charge >= 0.3 is 12.1 Å². The van der Waals surface area contributed by atoms with E-state index in [0.29, 0.717) is 30.3 Å². The minimum Gasteiger partial charge on any atom is -0.497 e. The fraction of sp³-hybridized carbons (Fsp3) is 0.464. The Morgan fingerprint density at radius 2 is 1.72 bits per heavy atom. The summed E-state index contributed by atoms with van der Waals surface area (Å²) in [5.74, 6) is -0.912. The van der Waals surface area contributed by atoms with Gasteiger partial charge in [-0.1, -0.05) is 0 Å². The first-order valence-corrected chi connectivity index (χ1v) is 12.8. The van der Waals surface area contributed by atoms with Crippen molar-refractivity contribution in [2.75, 3.05) is 20.2 Å². The Kier molecular flexibility index (Phi) is 9.50. The minimum absolute atomic E-state index is 0.00507. The number of nitrogens with zero attached hydrogens (tertiary/aromatic N) is 1. The Balaban J connectivity index is 1.99. The second-order valence-corrected chi connectivity index (χ2v) is 10.1. The van der Waals surface area contributed by atoms with Crippen LogP contribution in [-0.2, 0) is 14.2 Å². The van der Waals surface area contributed by atoms with Crippen LogP contribution in [0.15, 0.2) is 30.3 Å². The number of amides is 2. The third-order valence-electron chi connectivity index (χ3n) is 5.59. The largest absolute Gasteiger partial charge is 0.511 e. The highest BCUT2D eigenvalue weighted by atomic mass is 16.8. The number of esters is 1. The van der Waals surface area contributed by atoms with E-state index in [-0.39, 0.29) is 28.4 Å². The first-order valence-electron chi connectivity index (χ1n) is 12.8. The van der Waals surface area contributed by atoms with Crippen molar-refractivity contribution in [1.82, 2.24) is 15.6 Å². The van der Waals surface area contributed by atoms with Gasteiger partial charge in [-0.05, 0) is 76.8 Å². The molecule has 210 valence electrons. The van der Waals surface area contributed by atoms with E-state index in [9.17, 15) is 19.2 Å². The molecule has 2 amide bonds. The predicted octanol–water partition coefficient (Wildman–Crippen LogP) is 4.10. The molecular weight excluding hydrogens is 506 g/mol. The molecule has 3 rings (SSSR count). The number of aromatic nitrogens is 1. The number of carbonyl (C=O) groups excluding carboxylic acids is 4. The van der Waals surface area contributed by atoms with Crippen LogP contribution in [0.4, 0.5) is 4.79 Å². The number of benzene rings is 1. The highest BCUT2D eigenvalue weighted by Gasteiger charge is 2.27. The number of hydrogen-bond acceptors (Lipinski definition) is 9. The Morgan fingerprint density at radius 1 is 1.00 bits per heavy atom. The first-order chi connectivity index (χ1) is 18.4. The van der Waals surface area contributed by atoms with Crippen molar-refractivity contribution in [3.63, 3.8) is 0 Å². The Labute approximate surface area is 227 Å². The van der Waals surface area contributed by atoms with E-state index in [1.807, 2.05) is 0 Å². The quantitative estimate of drug-likeness (QED) is 0.336. The second-order valence-electron chi connectivity index (χ2n) is 10.1. The molecule has 0 bridgehead atoms. The fourth-order valence-electron chi connectivity index (χ4n) is 3.58. The smallest absolute Gasteiger partial charge is 0.497 e. The topological polar surface area (TPSA) is 142 Å². The average Bonchev–Trinajstić information content (AvgIpc) is 3.70. The second kappa shape index (κ2) is 12.6. The van der Waals surface area contributed by atoms with Gasteiger partial charge in [-0.25, -0.2) is 14.6 Å². The normalized spacial score (nSPS) is 13.6. The number of ether oxygens (including phenoxy) is 4. The maximum absolute atomic E-state index is 13.3. The van der Waals surface area contributed by atoms with E-state index in [4.69, 9.17) is 18.9 Å². The zero-order valence-electron chi connectivity index (χ0n) is 23.1. The Bertz CT molecular complexity index is 1230. The van der Waals surface area contributed by atoms with E-state index in [0.717, 1.165) is 12.8 Å². The summed E-state index contributed by atoms with van der Waals surface area (Å²) in [7, 11) is 1.47. The molecule has 0 radical (unpaired) electrons. The van der Waals surface area contributed by atoms with E-state index < -0.39 is 29.9 Å². The molecule has 1 aromatic carbocycles. The number of rotatable bonds is 10. The average molecular weight is 542 g/mol. The molecule has 1 aliphatic carbocycles. The van der Waals surface area contributed by atoms with Crippen LogP contribution in [0.1, 0.15) is 78.8 Å². The Morgan fingerprint density at radius 3 is 2.33 bits per heavy atom. The van der Waals surface area contributed by atoms with Gasteiger partial charge in [0.25, 0.3) is 11.8 Å². The zero-order chi connectivity index (χ0) is 28.7. The SMILES string of the molecule is CCNC(=O)c1ccc(OC)cc1-c1ccc(C(=O)NCC2CC2)nc1C(=O)OC(C)OC(=O)OC(C)(C)C. The highest BCUT2D eigenvalue weighted by molar-refractivity contribution is 6.05. The maximum Gasteiger partial charge on any atom is 0.511 e. The summed E-state index contributed by atoms with van der Waals surface area (Å²) in [5, 5.41) is 5.56. The summed E-state index contributed by atoms with van der Waals surface area (Å²) in [6.07, 6.45) is -0.242. The molecule has 1 unspecified atom stereocenters. The standard InChI is InChI=1S/C28H35N3O8/c1-7-29-24(32)20-11-10-18(36-6)14-21(20)19-12-13-22(25(33)30-15-17-8-9-17)31-23(19)26(34)37-16(2)38-27(35)39-28(3,4)5/h10-14,16-17H,7-9,15H2,1-6H3,(H,29,32)(H,30,33). The summed E-state index contributed by atoms with van der Waals surface area (Å²) in [6, 6.07) is 7.77. The lowest BCUT2D eigenvalue weighted by molar-refractivity contribution is -0.0977. The van der Waals surface area contributed by atoms with Crippen LogP contribution in [0.25, 0.3) is 11.1 Å². The van der Waals surface area contributed by atoms with Crippen molar-refractivity contribution in [1.29, 1.82) is 0 Å². The van der Waals surface area contributed by atoms with Gasteiger partial charge in [0, 0.05) is 36.7 Å². The molecule has 0 aliphatic heterocycles. The van der Waals surface area contributed by atoms with Crippen LogP contribution in [-0.4, -0.2) is 61.0 Å². The third kappa shape index (κ3) is 8.42. The molecule has 2 N–H and O–H groups in total. The van der Waals surface area contributed by atoms with Crippen molar-refractivity contribution in [2.24, 2.45) is 5.92 Å². The van der Waals surface area contributed by atoms with Gasteiger partial charge in [-0.3, -0.25) is 9.59 Å². The molecule has 1 atom stereocenters. The molecule has 11 nitrogen and oxygen atoms in total. The minimum atomic E-state index is -1.33. The monoisotopic (exact) mass is 541 g/mol. The maximum atomic E-state index is 13.3. The third-order valence-corrected chi connectivity index (χ3v) is 5.59. The molecule has 2 aromatic rings. The number of pyridine rings is 1. The van der Waals surface area contributed by atoms with Crippen molar-refractivity contribution >= 4 is 23.9 Å². The molecule has 1 saturated carbocycles. The fourth-order valence-corrected chi connectivity index (χ4v) is 3.58. The number of nitrogens with one attached hydrogen (secondary N) is 2. The van der Waals surface area contributed by atoms with E-state index in [1.165, 1.54) is 26.2 Å². The molecule has 1 aromatic heterocycles. The molecule has 1 heterocycles. The summed E-state index contributed by atoms with van der Waals surface area (Å²) in [6.45, 7) is 9.03. The van der Waals surface area contributed by atoms with Gasteiger partial charge < -0.3 is 29.6 Å². The lowest BCUT2D eigenvalue weighted by atomic mass is 9.96. The molecule has 0 spiro atoms. The van der Waals surface area contributed by atoms with Gasteiger partial charge in [-0.2, -0.15) is 0 Å². The lowest BCUT2D eigenvalue weighted by Gasteiger charge is -2.21. The van der Waals surface area contributed by atoms with Gasteiger partial charge in [0.15, 0.2) is 5.69 Å². The first kappa shape index (κ1) is 29.4. The molecule has 0 saturated heterocycles. The van der Waals surface area contributed by atoms with Crippen LogP contribution in [0.2, 0.25) is 0 Å². The summed E-state index contributed by atoms with van der Waals surface area (Å²) < 4.78 is 20.8. The van der Waals surface area contributed by atoms with Crippen LogP contribution in [0, 0.1) is 5.92 Å². The predicted molar refractivity (Wildman–Crippen MR) is 141 cm³/mol. The van der Waals surface area contributed by atoms with E-state index in [1.54, 1.807) is 45.9 Å². The molecule has 1 fully saturated rings. The molecule has 39 heavy (non-hydrogen) atoms. The number of hydrogen-bond donors (Lipinski definition) is 2. The van der Waals surface area contributed by atoms with Crippen molar-refractivity contribution in [2.45, 2.75) is 59.4 Å². The Hall–Kier alpha value is -4.15. The summed E-state index contributed by atoms with van der Waals surface area (Å²) in [5.41, 5.74) is -0.229. The highest BCUT2D eigenvalue weighted by Crippen LogP contribution is 2.32. The number of methoxy groups -OCH3 is 1. The summed E-state index contributed by atoms with van der Waals surface area (Å²) >= 11 is 0. The molecule has 1 aliphatic rings. The van der Waals surface area contributed by atoms with Crippen LogP contribution < -0.4 is 15.4 Å².